The molecule has 33 heavy (non-hydrogen) atoms. The Kier molecular flexibility index (Phi) is 8.61. The zero-order valence-electron chi connectivity index (χ0n) is 18.6. The van der Waals surface area contributed by atoms with Crippen molar-refractivity contribution in [1.82, 2.24) is 5.43 Å². The molecule has 3 aromatic carbocycles. The molecule has 3 rings (SSSR count). The molecule has 0 bridgehead atoms. The maximum atomic E-state index is 12.2. The summed E-state index contributed by atoms with van der Waals surface area (Å²) in [4.78, 5) is 24.3. The normalized spacial score (nSPS) is 10.8. The van der Waals surface area contributed by atoms with Crippen molar-refractivity contribution in [2.75, 3.05) is 5.32 Å². The van der Waals surface area contributed by atoms with Crippen LogP contribution < -0.4 is 15.5 Å². The van der Waals surface area contributed by atoms with Crippen molar-refractivity contribution in [2.24, 2.45) is 5.10 Å². The highest BCUT2D eigenvalue weighted by Crippen LogP contribution is 2.19. The summed E-state index contributed by atoms with van der Waals surface area (Å²) in [7, 11) is 0. The van der Waals surface area contributed by atoms with Crippen LogP contribution in [0.25, 0.3) is 0 Å². The van der Waals surface area contributed by atoms with E-state index in [1.165, 1.54) is 6.21 Å². The number of amides is 2. The highest BCUT2D eigenvalue weighted by Gasteiger charge is 2.09. The third-order valence-electron chi connectivity index (χ3n) is 4.87. The van der Waals surface area contributed by atoms with E-state index in [0.29, 0.717) is 17.4 Å². The summed E-state index contributed by atoms with van der Waals surface area (Å²) < 4.78 is 5.87. The molecule has 0 unspecified atom stereocenters. The van der Waals surface area contributed by atoms with Crippen LogP contribution in [-0.4, -0.2) is 18.0 Å². The van der Waals surface area contributed by atoms with Gasteiger partial charge in [0.15, 0.2) is 0 Å². The minimum absolute atomic E-state index is 0.0305. The van der Waals surface area contributed by atoms with Crippen LogP contribution in [0, 0.1) is 13.8 Å². The fourth-order valence-corrected chi connectivity index (χ4v) is 3.13. The van der Waals surface area contributed by atoms with Crippen molar-refractivity contribution in [3.05, 3.63) is 94.0 Å². The number of para-hydroxylation sites is 1. The Morgan fingerprint density at radius 3 is 2.48 bits per heavy atom. The second-order valence-corrected chi connectivity index (χ2v) is 8.05. The van der Waals surface area contributed by atoms with E-state index in [-0.39, 0.29) is 24.7 Å². The molecule has 2 N–H and O–H groups in total. The Hall–Kier alpha value is -3.64. The number of nitrogens with zero attached hydrogens (tertiary/aromatic N) is 1. The van der Waals surface area contributed by atoms with Gasteiger partial charge in [0.1, 0.15) is 12.4 Å². The van der Waals surface area contributed by atoms with Gasteiger partial charge in [0.05, 0.1) is 6.21 Å². The van der Waals surface area contributed by atoms with E-state index in [1.54, 1.807) is 0 Å². The number of ether oxygens (including phenoxy) is 1. The van der Waals surface area contributed by atoms with Gasteiger partial charge in [-0.25, -0.2) is 5.43 Å². The molecule has 0 spiro atoms. The van der Waals surface area contributed by atoms with Gasteiger partial charge in [-0.2, -0.15) is 5.10 Å². The average molecular weight is 464 g/mol. The smallest absolute Gasteiger partial charge is 0.240 e. The molecule has 0 aliphatic heterocycles. The minimum Gasteiger partial charge on any atom is -0.488 e. The van der Waals surface area contributed by atoms with E-state index in [0.717, 1.165) is 27.9 Å². The SMILES string of the molecule is Cc1ccc(C)c(NC(=O)CCC(=O)NN=Cc2ccccc2OCc2ccc(Cl)cc2)c1. The maximum absolute atomic E-state index is 12.2. The number of carbonyl (C=O) groups is 2. The van der Waals surface area contributed by atoms with E-state index in [4.69, 9.17) is 16.3 Å². The Labute approximate surface area is 198 Å². The first-order valence-electron chi connectivity index (χ1n) is 10.6. The molecule has 2 amide bonds. The average Bonchev–Trinajstić information content (AvgIpc) is 2.80. The number of aryl methyl sites for hydroxylation is 2. The predicted molar refractivity (Wildman–Crippen MR) is 132 cm³/mol. The molecular weight excluding hydrogens is 438 g/mol. The second kappa shape index (κ2) is 11.8. The Bertz CT molecular complexity index is 1140. The van der Waals surface area contributed by atoms with Crippen LogP contribution in [0.15, 0.2) is 71.8 Å². The maximum Gasteiger partial charge on any atom is 0.240 e. The molecule has 0 aliphatic rings. The first-order chi connectivity index (χ1) is 15.9. The monoisotopic (exact) mass is 463 g/mol. The number of rotatable bonds is 9. The molecule has 6 nitrogen and oxygen atoms in total. The molecule has 0 saturated heterocycles. The summed E-state index contributed by atoms with van der Waals surface area (Å²) in [6.07, 6.45) is 1.61. The van der Waals surface area contributed by atoms with Crippen molar-refractivity contribution in [3.8, 4) is 5.75 Å². The number of nitrogens with one attached hydrogen (secondary N) is 2. The van der Waals surface area contributed by atoms with Crippen LogP contribution in [0.2, 0.25) is 5.02 Å². The number of halogens is 1. The zero-order valence-corrected chi connectivity index (χ0v) is 19.4. The Balaban J connectivity index is 1.47. The highest BCUT2D eigenvalue weighted by molar-refractivity contribution is 6.30. The van der Waals surface area contributed by atoms with Gasteiger partial charge in [-0.05, 0) is 60.9 Å². The summed E-state index contributed by atoms with van der Waals surface area (Å²) in [5.74, 6) is 0.0732. The molecule has 0 aliphatic carbocycles. The van der Waals surface area contributed by atoms with Crippen molar-refractivity contribution in [2.45, 2.75) is 33.3 Å². The number of hydrogen-bond acceptors (Lipinski definition) is 4. The fourth-order valence-electron chi connectivity index (χ4n) is 3.00. The van der Waals surface area contributed by atoms with Crippen molar-refractivity contribution < 1.29 is 14.3 Å². The largest absolute Gasteiger partial charge is 0.488 e. The molecule has 170 valence electrons. The van der Waals surface area contributed by atoms with Crippen LogP contribution in [0.1, 0.15) is 35.1 Å². The molecule has 7 heteroatoms. The van der Waals surface area contributed by atoms with Gasteiger partial charge in [-0.3, -0.25) is 9.59 Å². The van der Waals surface area contributed by atoms with Crippen LogP contribution in [-0.2, 0) is 16.2 Å². The van der Waals surface area contributed by atoms with Crippen LogP contribution in [0.4, 0.5) is 5.69 Å². The lowest BCUT2D eigenvalue weighted by molar-refractivity contribution is -0.124. The third kappa shape index (κ3) is 7.77. The lowest BCUT2D eigenvalue weighted by atomic mass is 10.1. The molecule has 0 radical (unpaired) electrons. The second-order valence-electron chi connectivity index (χ2n) is 7.61. The van der Waals surface area contributed by atoms with E-state index < -0.39 is 0 Å². The third-order valence-corrected chi connectivity index (χ3v) is 5.12. The van der Waals surface area contributed by atoms with E-state index in [2.05, 4.69) is 15.8 Å². The van der Waals surface area contributed by atoms with Crippen molar-refractivity contribution in [1.29, 1.82) is 0 Å². The molecular formula is C26H26ClN3O3. The van der Waals surface area contributed by atoms with Crippen molar-refractivity contribution >= 4 is 35.3 Å². The predicted octanol–water partition coefficient (Wildman–Crippen LogP) is 5.40. The standard InChI is InChI=1S/C26H26ClN3O3/c1-18-7-8-19(2)23(15-18)29-25(31)13-14-26(32)30-28-16-21-5-3-4-6-24(21)33-17-20-9-11-22(27)12-10-20/h3-12,15-16H,13-14,17H2,1-2H3,(H,29,31)(H,30,32). The van der Waals surface area contributed by atoms with Gasteiger partial charge in [0.25, 0.3) is 0 Å². The van der Waals surface area contributed by atoms with Gasteiger partial charge in [-0.1, -0.05) is 48.0 Å². The lowest BCUT2D eigenvalue weighted by Gasteiger charge is -2.09. The number of anilines is 1. The molecule has 0 saturated carbocycles. The number of benzene rings is 3. The minimum atomic E-state index is -0.345. The van der Waals surface area contributed by atoms with E-state index in [9.17, 15) is 9.59 Å². The van der Waals surface area contributed by atoms with Crippen LogP contribution >= 0.6 is 11.6 Å². The number of hydrazone groups is 1. The summed E-state index contributed by atoms with van der Waals surface area (Å²) in [6, 6.07) is 20.6. The van der Waals surface area contributed by atoms with Crippen LogP contribution in [0.5, 0.6) is 5.75 Å². The van der Waals surface area contributed by atoms with Gasteiger partial charge in [0, 0.05) is 29.1 Å². The summed E-state index contributed by atoms with van der Waals surface area (Å²) >= 11 is 5.91. The number of carbonyl (C=O) groups excluding carboxylic acids is 2. The van der Waals surface area contributed by atoms with Gasteiger partial charge < -0.3 is 10.1 Å². The first kappa shape index (κ1) is 24.0. The molecule has 3 aromatic rings. The Morgan fingerprint density at radius 1 is 0.970 bits per heavy atom. The van der Waals surface area contributed by atoms with E-state index >= 15 is 0 Å². The quantitative estimate of drug-likeness (QED) is 0.329. The molecule has 0 atom stereocenters. The van der Waals surface area contributed by atoms with Crippen LogP contribution in [0.3, 0.4) is 0 Å². The number of hydrogen-bond donors (Lipinski definition) is 2. The fraction of sp³-hybridized carbons (Fsp3) is 0.192. The zero-order chi connectivity index (χ0) is 23.6. The van der Waals surface area contributed by atoms with Gasteiger partial charge >= 0.3 is 0 Å². The van der Waals surface area contributed by atoms with Crippen molar-refractivity contribution in [3.63, 3.8) is 0 Å². The highest BCUT2D eigenvalue weighted by atomic mass is 35.5. The lowest BCUT2D eigenvalue weighted by Crippen LogP contribution is -2.21. The Morgan fingerprint density at radius 2 is 1.70 bits per heavy atom. The van der Waals surface area contributed by atoms with Gasteiger partial charge in [0.2, 0.25) is 11.8 Å². The first-order valence-corrected chi connectivity index (χ1v) is 10.9. The molecule has 0 fully saturated rings. The summed E-state index contributed by atoms with van der Waals surface area (Å²) in [5, 5.41) is 7.52. The summed E-state index contributed by atoms with van der Waals surface area (Å²) in [5.41, 5.74) is 6.95. The van der Waals surface area contributed by atoms with Gasteiger partial charge in [-0.15, -0.1) is 0 Å². The summed E-state index contributed by atoms with van der Waals surface area (Å²) in [6.45, 7) is 4.26. The molecule has 0 aromatic heterocycles. The molecule has 0 heterocycles. The topological polar surface area (TPSA) is 79.8 Å². The van der Waals surface area contributed by atoms with E-state index in [1.807, 2.05) is 80.6 Å².